The smallest absolute Gasteiger partial charge is 0.0680 e. The van der Waals surface area contributed by atoms with E-state index in [0.29, 0.717) is 18.5 Å². The van der Waals surface area contributed by atoms with E-state index in [2.05, 4.69) is 201 Å². The molecule has 0 spiro atoms. The van der Waals surface area contributed by atoms with Crippen molar-refractivity contribution in [2.75, 3.05) is 0 Å². The molecule has 3 heterocycles. The fraction of sp³-hybridized carbons (Fsp3) is 0.294. The summed E-state index contributed by atoms with van der Waals surface area (Å²) < 4.78 is 0. The molecule has 4 atom stereocenters. The van der Waals surface area contributed by atoms with Crippen LogP contribution in [0.2, 0.25) is 0 Å². The second-order valence-corrected chi connectivity index (χ2v) is 23.9. The molecule has 4 fully saturated rings. The van der Waals surface area contributed by atoms with Crippen molar-refractivity contribution in [1.82, 2.24) is 0 Å². The Morgan fingerprint density at radius 1 is 0.429 bits per heavy atom. The van der Waals surface area contributed by atoms with Gasteiger partial charge in [0.05, 0.1) is 0 Å². The predicted molar refractivity (Wildman–Crippen MR) is 299 cm³/mol. The van der Waals surface area contributed by atoms with E-state index in [0.717, 1.165) is 11.8 Å². The lowest BCUT2D eigenvalue weighted by atomic mass is 9.31. The first-order valence-electron chi connectivity index (χ1n) is 26.8. The van der Waals surface area contributed by atoms with Gasteiger partial charge < -0.3 is 0 Å². The van der Waals surface area contributed by atoms with Crippen LogP contribution in [0.4, 0.5) is 0 Å². The second-order valence-electron chi connectivity index (χ2n) is 23.9. The highest BCUT2D eigenvalue weighted by Crippen LogP contribution is 2.66. The molecule has 4 saturated carbocycles. The van der Waals surface area contributed by atoms with Gasteiger partial charge in [-0.2, -0.15) is 0 Å². The van der Waals surface area contributed by atoms with E-state index in [9.17, 15) is 0 Å². The monoisotopic (exact) mass is 903 g/mol. The van der Waals surface area contributed by atoms with Crippen LogP contribution in [-0.4, -0.2) is 13.4 Å². The highest BCUT2D eigenvalue weighted by atomic mass is 14.6. The lowest BCUT2D eigenvalue weighted by Crippen LogP contribution is -2.60. The van der Waals surface area contributed by atoms with E-state index in [1.165, 1.54) is 122 Å². The molecule has 3 aliphatic heterocycles. The van der Waals surface area contributed by atoms with Crippen molar-refractivity contribution >= 4 is 46.2 Å². The normalized spacial score (nSPS) is 23.7. The molecule has 0 amide bonds. The summed E-state index contributed by atoms with van der Waals surface area (Å²) in [4.78, 5) is 0. The van der Waals surface area contributed by atoms with Gasteiger partial charge in [0.25, 0.3) is 0 Å². The summed E-state index contributed by atoms with van der Waals surface area (Å²) in [5.41, 5.74) is 35.5. The summed E-state index contributed by atoms with van der Waals surface area (Å²) in [6.45, 7) is 19.3. The number of rotatable bonds is 7. The van der Waals surface area contributed by atoms with Crippen molar-refractivity contribution in [3.63, 3.8) is 0 Å². The Kier molecular flexibility index (Phi) is 9.28. The fourth-order valence-electron chi connectivity index (χ4n) is 17.4. The fourth-order valence-corrected chi connectivity index (χ4v) is 17.4. The van der Waals surface area contributed by atoms with Gasteiger partial charge in [0.15, 0.2) is 0 Å². The third kappa shape index (κ3) is 6.10. The van der Waals surface area contributed by atoms with Crippen molar-refractivity contribution < 1.29 is 0 Å². The summed E-state index contributed by atoms with van der Waals surface area (Å²) in [7, 11) is 0. The van der Waals surface area contributed by atoms with Gasteiger partial charge in [-0.1, -0.05) is 220 Å². The summed E-state index contributed by atoms with van der Waals surface area (Å²) in [6.07, 6.45) is 8.12. The Morgan fingerprint density at radius 3 is 1.41 bits per heavy atom. The Labute approximate surface area is 418 Å². The maximum absolute atomic E-state index is 2.78. The van der Waals surface area contributed by atoms with Crippen LogP contribution >= 0.6 is 0 Å². The first kappa shape index (κ1) is 42.7. The van der Waals surface area contributed by atoms with Crippen molar-refractivity contribution in [1.29, 1.82) is 0 Å². The van der Waals surface area contributed by atoms with Crippen LogP contribution < -0.4 is 32.8 Å². The summed E-state index contributed by atoms with van der Waals surface area (Å²) in [6, 6.07) is 58.2. The number of benzene rings is 8. The maximum atomic E-state index is 2.78. The van der Waals surface area contributed by atoms with Crippen LogP contribution in [0.1, 0.15) is 131 Å². The minimum absolute atomic E-state index is 0.150. The molecule has 2 heteroatoms. The van der Waals surface area contributed by atoms with E-state index < -0.39 is 0 Å². The maximum Gasteiger partial charge on any atom is 0.244 e. The molecule has 0 saturated heterocycles. The Hall–Kier alpha value is -6.11. The van der Waals surface area contributed by atoms with Crippen molar-refractivity contribution in [3.05, 3.63) is 212 Å². The largest absolute Gasteiger partial charge is 0.244 e. The third-order valence-corrected chi connectivity index (χ3v) is 19.5. The predicted octanol–water partition coefficient (Wildman–Crippen LogP) is 12.6. The van der Waals surface area contributed by atoms with Crippen LogP contribution in [0.15, 0.2) is 146 Å². The van der Waals surface area contributed by atoms with Gasteiger partial charge >= 0.3 is 0 Å². The Bertz CT molecular complexity index is 3330. The van der Waals surface area contributed by atoms with Crippen molar-refractivity contribution in [2.24, 2.45) is 11.8 Å². The molecule has 4 bridgehead atoms. The quantitative estimate of drug-likeness (QED) is 0.140. The molecule has 8 aromatic carbocycles. The van der Waals surface area contributed by atoms with Crippen LogP contribution in [-0.2, 0) is 10.8 Å². The Morgan fingerprint density at radius 2 is 0.886 bits per heavy atom. The number of fused-ring (bicyclic) bond motifs is 1. The molecule has 7 aliphatic rings. The van der Waals surface area contributed by atoms with Gasteiger partial charge in [0.2, 0.25) is 13.4 Å². The topological polar surface area (TPSA) is 0 Å². The van der Waals surface area contributed by atoms with Gasteiger partial charge in [-0.05, 0) is 176 Å². The van der Waals surface area contributed by atoms with E-state index in [1.54, 1.807) is 49.8 Å². The van der Waals surface area contributed by atoms with E-state index in [1.807, 2.05) is 0 Å². The van der Waals surface area contributed by atoms with Crippen LogP contribution in [0.5, 0.6) is 0 Å². The van der Waals surface area contributed by atoms with Gasteiger partial charge in [-0.15, -0.1) is 0 Å². The zero-order valence-corrected chi connectivity index (χ0v) is 42.6. The van der Waals surface area contributed by atoms with Crippen LogP contribution in [0.25, 0.3) is 33.4 Å². The van der Waals surface area contributed by atoms with E-state index in [4.69, 9.17) is 0 Å². The molecule has 15 rings (SSSR count). The molecule has 8 aromatic rings. The first-order valence-corrected chi connectivity index (χ1v) is 26.8. The van der Waals surface area contributed by atoms with Crippen LogP contribution in [0, 0.1) is 53.4 Å². The highest BCUT2D eigenvalue weighted by molar-refractivity contribution is 7.01. The lowest BCUT2D eigenvalue weighted by Gasteiger charge is -2.63. The molecular formula is C68H64B2. The van der Waals surface area contributed by atoms with Crippen molar-refractivity contribution in [2.45, 2.75) is 117 Å². The number of hydrogen-bond donors (Lipinski definition) is 0. The first-order chi connectivity index (χ1) is 33.9. The molecule has 0 nitrogen and oxygen atoms in total. The minimum Gasteiger partial charge on any atom is -0.0680 e. The minimum atomic E-state index is 0.150. The third-order valence-electron chi connectivity index (χ3n) is 19.5. The summed E-state index contributed by atoms with van der Waals surface area (Å²) in [5, 5.41) is 0. The lowest BCUT2D eigenvalue weighted by molar-refractivity contribution is -0.0281. The molecule has 0 aromatic heterocycles. The molecule has 0 radical (unpaired) electrons. The molecular weight excluding hydrogens is 838 g/mol. The highest BCUT2D eigenvalue weighted by Gasteiger charge is 2.59. The zero-order chi connectivity index (χ0) is 47.5. The Balaban J connectivity index is 0.799. The van der Waals surface area contributed by atoms with Crippen molar-refractivity contribution in [3.8, 4) is 33.4 Å². The number of hydrogen-bond acceptors (Lipinski definition) is 0. The SMILES string of the molecule is Cc1cc(C)c(B(c2cccc(-c3cccc(-c4ccc(C56CC7CC(C5)CC(c5cc8c9c(c5)C(C)c5cccc%10c5B9c5c-%10cccc5C8C)(C7)C6)cc4)c3)c2)c2c(C)cc(C)cc2C)c(C)c1. The standard InChI is InChI=1S/C68H64B2/c1-39-25-41(3)62(42(4)26-39)69(63-43(5)27-40(2)28-44(63)6)55-16-10-15-52(31-55)51-14-9-13-50(30-51)49-21-23-53(24-22-49)67-34-47-29-48(35-67)37-68(36-47,38-67)54-32-60-45(7)56-17-11-19-58-59-20-12-18-57-46(8)61(33-54)66(60)70(64(56)58)65(57)59/h9-28,30-33,45-48H,29,34-38H2,1-8H3. The molecule has 4 unspecified atom stereocenters. The van der Waals surface area contributed by atoms with Crippen LogP contribution in [0.3, 0.4) is 0 Å². The van der Waals surface area contributed by atoms with Gasteiger partial charge in [-0.25, -0.2) is 0 Å². The van der Waals surface area contributed by atoms with Gasteiger partial charge in [0.1, 0.15) is 0 Å². The molecule has 4 aliphatic carbocycles. The van der Waals surface area contributed by atoms with Gasteiger partial charge in [-0.3, -0.25) is 0 Å². The molecule has 0 N–H and O–H groups in total. The van der Waals surface area contributed by atoms with E-state index >= 15 is 0 Å². The van der Waals surface area contributed by atoms with Gasteiger partial charge in [0, 0.05) is 11.8 Å². The summed E-state index contributed by atoms with van der Waals surface area (Å²) in [5.74, 6) is 2.43. The zero-order valence-electron chi connectivity index (χ0n) is 42.6. The summed E-state index contributed by atoms with van der Waals surface area (Å²) >= 11 is 0. The van der Waals surface area contributed by atoms with E-state index in [-0.39, 0.29) is 17.5 Å². The number of aryl methyl sites for hydroxylation is 6. The average molecular weight is 903 g/mol. The second kappa shape index (κ2) is 15.2. The molecule has 70 heavy (non-hydrogen) atoms. The average Bonchev–Trinajstić information content (AvgIpc) is 3.69. The molecule has 342 valence electrons.